The molecule has 1 aliphatic rings. The number of H-pyrrole nitrogens is 1. The van der Waals surface area contributed by atoms with Crippen molar-refractivity contribution in [2.45, 2.75) is 20.8 Å². The summed E-state index contributed by atoms with van der Waals surface area (Å²) in [4.78, 5) is 17.2. The van der Waals surface area contributed by atoms with Crippen LogP contribution in [0.15, 0.2) is 30.3 Å². The van der Waals surface area contributed by atoms with E-state index in [9.17, 15) is 4.79 Å². The first-order valence-corrected chi connectivity index (χ1v) is 10.3. The van der Waals surface area contributed by atoms with Crippen LogP contribution in [0.25, 0.3) is 11.3 Å². The van der Waals surface area contributed by atoms with Crippen molar-refractivity contribution >= 4 is 11.6 Å². The molecule has 1 N–H and O–H groups in total. The Hall–Kier alpha value is -3.29. The van der Waals surface area contributed by atoms with E-state index in [4.69, 9.17) is 4.74 Å². The highest BCUT2D eigenvalue weighted by Crippen LogP contribution is 2.29. The van der Waals surface area contributed by atoms with Crippen LogP contribution in [0.1, 0.15) is 28.8 Å². The van der Waals surface area contributed by atoms with E-state index >= 15 is 0 Å². The molecule has 2 aromatic heterocycles. The van der Waals surface area contributed by atoms with Gasteiger partial charge in [-0.3, -0.25) is 14.6 Å². The van der Waals surface area contributed by atoms with E-state index in [0.717, 1.165) is 47.2 Å². The van der Waals surface area contributed by atoms with Gasteiger partial charge in [0.25, 0.3) is 5.91 Å². The molecule has 158 valence electrons. The number of aromatic amines is 1. The van der Waals surface area contributed by atoms with Crippen molar-refractivity contribution < 1.29 is 9.53 Å². The summed E-state index contributed by atoms with van der Waals surface area (Å²) in [5.41, 5.74) is 5.26. The number of rotatable bonds is 5. The van der Waals surface area contributed by atoms with Crippen molar-refractivity contribution in [3.63, 3.8) is 0 Å². The summed E-state index contributed by atoms with van der Waals surface area (Å²) in [6.45, 7) is 9.41. The smallest absolute Gasteiger partial charge is 0.272 e. The number of benzene rings is 1. The van der Waals surface area contributed by atoms with Crippen molar-refractivity contribution in [2.75, 3.05) is 37.7 Å². The molecule has 1 fully saturated rings. The number of carbonyl (C=O) groups excluding carboxylic acids is 1. The zero-order valence-electron chi connectivity index (χ0n) is 18.0. The Bertz CT molecular complexity index is 1050. The Kier molecular flexibility index (Phi) is 5.48. The molecular formula is C22H28N6O2. The van der Waals surface area contributed by atoms with Crippen LogP contribution in [-0.2, 0) is 7.05 Å². The molecule has 0 aliphatic carbocycles. The van der Waals surface area contributed by atoms with Gasteiger partial charge in [-0.05, 0) is 39.0 Å². The van der Waals surface area contributed by atoms with Gasteiger partial charge in [-0.2, -0.15) is 10.2 Å². The molecular weight excluding hydrogens is 380 g/mol. The standard InChI is InChI=1S/C22H28N6O2/c1-5-30-20-9-7-6-8-19(20)27-10-12-28(13-11-27)22(29)18-14-17(23-24-18)21-15(2)25-26(4)16(21)3/h6-9,14H,5,10-13H2,1-4H3,(H,23,24). The van der Waals surface area contributed by atoms with Crippen molar-refractivity contribution in [3.8, 4) is 17.0 Å². The van der Waals surface area contributed by atoms with Crippen LogP contribution in [0.4, 0.5) is 5.69 Å². The maximum Gasteiger partial charge on any atom is 0.272 e. The largest absolute Gasteiger partial charge is 0.492 e. The minimum absolute atomic E-state index is 0.0225. The number of aromatic nitrogens is 4. The Balaban J connectivity index is 1.45. The number of hydrogen-bond acceptors (Lipinski definition) is 5. The van der Waals surface area contributed by atoms with E-state index in [1.54, 1.807) is 0 Å². The fraction of sp³-hybridized carbons (Fsp3) is 0.409. The zero-order chi connectivity index (χ0) is 21.3. The second-order valence-electron chi connectivity index (χ2n) is 7.52. The molecule has 0 saturated carbocycles. The summed E-state index contributed by atoms with van der Waals surface area (Å²) < 4.78 is 7.59. The highest BCUT2D eigenvalue weighted by atomic mass is 16.5. The predicted octanol–water partition coefficient (Wildman–Crippen LogP) is 2.79. The fourth-order valence-electron chi connectivity index (χ4n) is 4.02. The summed E-state index contributed by atoms with van der Waals surface area (Å²) in [5.74, 6) is 0.867. The van der Waals surface area contributed by atoms with Crippen molar-refractivity contribution in [3.05, 3.63) is 47.4 Å². The van der Waals surface area contributed by atoms with Crippen LogP contribution in [0.3, 0.4) is 0 Å². The summed E-state index contributed by atoms with van der Waals surface area (Å²) in [6, 6.07) is 9.89. The van der Waals surface area contributed by atoms with E-state index in [2.05, 4.69) is 26.3 Å². The third kappa shape index (κ3) is 3.65. The summed E-state index contributed by atoms with van der Waals surface area (Å²) >= 11 is 0. The Labute approximate surface area is 176 Å². The van der Waals surface area contributed by atoms with Crippen LogP contribution < -0.4 is 9.64 Å². The second-order valence-corrected chi connectivity index (χ2v) is 7.52. The van der Waals surface area contributed by atoms with Gasteiger partial charge in [0, 0.05) is 44.5 Å². The topological polar surface area (TPSA) is 79.3 Å². The molecule has 30 heavy (non-hydrogen) atoms. The zero-order valence-corrected chi connectivity index (χ0v) is 18.0. The van der Waals surface area contributed by atoms with Crippen molar-refractivity contribution in [2.24, 2.45) is 7.05 Å². The van der Waals surface area contributed by atoms with E-state index in [-0.39, 0.29) is 5.91 Å². The van der Waals surface area contributed by atoms with Gasteiger partial charge in [-0.1, -0.05) is 12.1 Å². The van der Waals surface area contributed by atoms with E-state index in [0.29, 0.717) is 25.4 Å². The van der Waals surface area contributed by atoms with Gasteiger partial charge in [0.1, 0.15) is 11.4 Å². The normalized spacial score (nSPS) is 14.3. The molecule has 0 bridgehead atoms. The van der Waals surface area contributed by atoms with Crippen molar-refractivity contribution in [1.29, 1.82) is 0 Å². The lowest BCUT2D eigenvalue weighted by molar-refractivity contribution is 0.0740. The lowest BCUT2D eigenvalue weighted by atomic mass is 10.1. The van der Waals surface area contributed by atoms with E-state index in [1.165, 1.54) is 0 Å². The van der Waals surface area contributed by atoms with E-state index < -0.39 is 0 Å². The molecule has 0 radical (unpaired) electrons. The van der Waals surface area contributed by atoms with Crippen LogP contribution in [0.2, 0.25) is 0 Å². The molecule has 0 spiro atoms. The minimum atomic E-state index is -0.0225. The van der Waals surface area contributed by atoms with Gasteiger partial charge in [0.05, 0.1) is 23.7 Å². The number of carbonyl (C=O) groups is 1. The Morgan fingerprint density at radius 1 is 1.17 bits per heavy atom. The summed E-state index contributed by atoms with van der Waals surface area (Å²) in [5, 5.41) is 11.7. The number of para-hydroxylation sites is 2. The Morgan fingerprint density at radius 3 is 2.57 bits per heavy atom. The van der Waals surface area contributed by atoms with Crippen LogP contribution in [0, 0.1) is 13.8 Å². The molecule has 1 aliphatic heterocycles. The number of hydrogen-bond donors (Lipinski definition) is 1. The number of piperazine rings is 1. The lowest BCUT2D eigenvalue weighted by Crippen LogP contribution is -2.49. The molecule has 3 aromatic rings. The van der Waals surface area contributed by atoms with Gasteiger partial charge in [-0.25, -0.2) is 0 Å². The number of amides is 1. The first-order valence-electron chi connectivity index (χ1n) is 10.3. The fourth-order valence-corrected chi connectivity index (χ4v) is 4.02. The highest BCUT2D eigenvalue weighted by molar-refractivity contribution is 5.93. The molecule has 4 rings (SSSR count). The first-order chi connectivity index (χ1) is 14.5. The average Bonchev–Trinajstić information content (AvgIpc) is 3.32. The van der Waals surface area contributed by atoms with Gasteiger partial charge < -0.3 is 14.5 Å². The summed E-state index contributed by atoms with van der Waals surface area (Å²) in [7, 11) is 1.91. The van der Waals surface area contributed by atoms with E-state index in [1.807, 2.05) is 61.7 Å². The van der Waals surface area contributed by atoms with Gasteiger partial charge in [0.2, 0.25) is 0 Å². The number of aryl methyl sites for hydroxylation is 2. The molecule has 8 nitrogen and oxygen atoms in total. The van der Waals surface area contributed by atoms with Crippen LogP contribution in [-0.4, -0.2) is 63.6 Å². The molecule has 3 heterocycles. The molecule has 8 heteroatoms. The quantitative estimate of drug-likeness (QED) is 0.702. The van der Waals surface area contributed by atoms with Crippen molar-refractivity contribution in [1.82, 2.24) is 24.9 Å². The minimum Gasteiger partial charge on any atom is -0.492 e. The SMILES string of the molecule is CCOc1ccccc1N1CCN(C(=O)c2cc(-c3c(C)nn(C)c3C)n[nH]2)CC1. The predicted molar refractivity (Wildman–Crippen MR) is 116 cm³/mol. The van der Waals surface area contributed by atoms with Gasteiger partial charge >= 0.3 is 0 Å². The number of ether oxygens (including phenoxy) is 1. The van der Waals surface area contributed by atoms with Gasteiger partial charge in [-0.15, -0.1) is 0 Å². The van der Waals surface area contributed by atoms with Gasteiger partial charge in [0.15, 0.2) is 0 Å². The maximum atomic E-state index is 13.0. The Morgan fingerprint density at radius 2 is 1.90 bits per heavy atom. The van der Waals surface area contributed by atoms with Crippen LogP contribution >= 0.6 is 0 Å². The number of anilines is 1. The number of nitrogens with one attached hydrogen (secondary N) is 1. The first kappa shape index (κ1) is 20.0. The molecule has 1 aromatic carbocycles. The lowest BCUT2D eigenvalue weighted by Gasteiger charge is -2.36. The highest BCUT2D eigenvalue weighted by Gasteiger charge is 2.25. The third-order valence-electron chi connectivity index (χ3n) is 5.65. The third-order valence-corrected chi connectivity index (χ3v) is 5.65. The molecule has 0 atom stereocenters. The molecule has 1 amide bonds. The molecule has 0 unspecified atom stereocenters. The maximum absolute atomic E-state index is 13.0. The second kappa shape index (κ2) is 8.22. The monoisotopic (exact) mass is 408 g/mol. The molecule has 1 saturated heterocycles. The number of nitrogens with zero attached hydrogens (tertiary/aromatic N) is 5. The van der Waals surface area contributed by atoms with Crippen LogP contribution in [0.5, 0.6) is 5.75 Å². The summed E-state index contributed by atoms with van der Waals surface area (Å²) in [6.07, 6.45) is 0. The average molecular weight is 409 g/mol.